The molecule has 1 saturated heterocycles. The molecule has 5 rings (SSSR count). The highest BCUT2D eigenvalue weighted by Gasteiger charge is 2.25. The minimum atomic E-state index is -0.412. The van der Waals surface area contributed by atoms with Crippen LogP contribution >= 0.6 is 24.0 Å². The van der Waals surface area contributed by atoms with Crippen molar-refractivity contribution in [3.63, 3.8) is 0 Å². The van der Waals surface area contributed by atoms with Gasteiger partial charge in [0.2, 0.25) is 0 Å². The zero-order valence-corrected chi connectivity index (χ0v) is 19.3. The van der Waals surface area contributed by atoms with Gasteiger partial charge in [-0.2, -0.15) is 0 Å². The first-order chi connectivity index (χ1) is 16.5. The first-order valence-corrected chi connectivity index (χ1v) is 11.6. The topological polar surface area (TPSA) is 77.2 Å². The molecule has 1 aromatic heterocycles. The van der Waals surface area contributed by atoms with Crippen LogP contribution in [0.4, 0.5) is 5.69 Å². The second-order valence-electron chi connectivity index (χ2n) is 7.53. The molecule has 6 nitrogen and oxygen atoms in total. The number of nitro benzene ring substituents is 1. The molecule has 2 heterocycles. The van der Waals surface area contributed by atoms with E-state index in [1.165, 1.54) is 23.9 Å². The number of non-ortho nitro benzene ring substituents is 1. The lowest BCUT2D eigenvalue weighted by Crippen LogP contribution is -2.17. The van der Waals surface area contributed by atoms with Gasteiger partial charge in [-0.15, -0.1) is 0 Å². The van der Waals surface area contributed by atoms with Crippen molar-refractivity contribution < 1.29 is 9.72 Å². The molecule has 34 heavy (non-hydrogen) atoms. The minimum Gasteiger partial charge on any atom is -0.309 e. The van der Waals surface area contributed by atoms with E-state index in [0.717, 1.165) is 33.8 Å². The number of amides is 1. The number of hydrogen-bond donors (Lipinski definition) is 1. The van der Waals surface area contributed by atoms with Gasteiger partial charge in [-0.3, -0.25) is 14.9 Å². The maximum Gasteiger partial charge on any atom is 0.269 e. The smallest absolute Gasteiger partial charge is 0.269 e. The van der Waals surface area contributed by atoms with Crippen molar-refractivity contribution in [2.45, 2.75) is 0 Å². The van der Waals surface area contributed by atoms with E-state index in [4.69, 9.17) is 12.2 Å². The van der Waals surface area contributed by atoms with Gasteiger partial charge in [0.25, 0.3) is 11.6 Å². The molecule has 0 aliphatic carbocycles. The zero-order valence-electron chi connectivity index (χ0n) is 17.7. The van der Waals surface area contributed by atoms with Gasteiger partial charge in [0, 0.05) is 23.4 Å². The summed E-state index contributed by atoms with van der Waals surface area (Å²) in [7, 11) is 0. The van der Waals surface area contributed by atoms with Gasteiger partial charge in [0.05, 0.1) is 21.2 Å². The number of aromatic nitrogens is 1. The van der Waals surface area contributed by atoms with Gasteiger partial charge >= 0.3 is 0 Å². The molecular formula is C26H17N3O3S2. The third-order valence-corrected chi connectivity index (χ3v) is 6.56. The summed E-state index contributed by atoms with van der Waals surface area (Å²) in [4.78, 5) is 23.7. The molecule has 1 fully saturated rings. The summed E-state index contributed by atoms with van der Waals surface area (Å²) in [5.74, 6) is -0.224. The lowest BCUT2D eigenvalue weighted by atomic mass is 10.1. The molecular weight excluding hydrogens is 466 g/mol. The minimum absolute atomic E-state index is 0.0216. The molecule has 0 saturated carbocycles. The Morgan fingerprint density at radius 3 is 2.09 bits per heavy atom. The molecule has 0 radical (unpaired) electrons. The second kappa shape index (κ2) is 9.09. The van der Waals surface area contributed by atoms with Crippen LogP contribution in [0.2, 0.25) is 0 Å². The number of nitro groups is 1. The quantitative estimate of drug-likeness (QED) is 0.158. The molecule has 3 aromatic carbocycles. The molecule has 8 heteroatoms. The van der Waals surface area contributed by atoms with Crippen LogP contribution in [0.15, 0.2) is 95.9 Å². The Hall–Kier alpha value is -4.01. The molecule has 1 aliphatic rings. The number of carbonyl (C=O) groups is 1. The van der Waals surface area contributed by atoms with Crippen molar-refractivity contribution >= 4 is 46.0 Å². The molecule has 0 spiro atoms. The SMILES string of the molecule is O=C1NC(=S)S/C1=C/c1cc(-c2ccccc2)n(-c2ccc([N+](=O)[O-])cc2)c1-c1ccccc1. The van der Waals surface area contributed by atoms with Gasteiger partial charge in [-0.1, -0.05) is 84.6 Å². The summed E-state index contributed by atoms with van der Waals surface area (Å²) in [5, 5.41) is 13.9. The highest BCUT2D eigenvalue weighted by molar-refractivity contribution is 8.26. The molecule has 1 N–H and O–H groups in total. The van der Waals surface area contributed by atoms with Crippen molar-refractivity contribution in [3.8, 4) is 28.2 Å². The lowest BCUT2D eigenvalue weighted by molar-refractivity contribution is -0.384. The summed E-state index contributed by atoms with van der Waals surface area (Å²) in [6.07, 6.45) is 1.84. The number of thiocarbonyl (C=S) groups is 1. The predicted molar refractivity (Wildman–Crippen MR) is 140 cm³/mol. The van der Waals surface area contributed by atoms with E-state index >= 15 is 0 Å². The summed E-state index contributed by atoms with van der Waals surface area (Å²) in [5.41, 5.74) is 5.31. The standard InChI is InChI=1S/C26H17N3O3S2/c30-25-23(34-26(33)27-25)16-19-15-22(17-7-3-1-4-8-17)28(24(19)18-9-5-2-6-10-18)20-11-13-21(14-12-20)29(31)32/h1-16H,(H,27,30,33)/b23-16+. The number of benzene rings is 3. The van der Waals surface area contributed by atoms with Gasteiger partial charge in [-0.05, 0) is 35.4 Å². The molecule has 1 aliphatic heterocycles. The van der Waals surface area contributed by atoms with Gasteiger partial charge in [-0.25, -0.2) is 0 Å². The van der Waals surface area contributed by atoms with Crippen molar-refractivity contribution in [3.05, 3.63) is 112 Å². The molecule has 0 atom stereocenters. The van der Waals surface area contributed by atoms with Crippen LogP contribution in [0, 0.1) is 10.1 Å². The fourth-order valence-corrected chi connectivity index (χ4v) is 4.94. The average molecular weight is 484 g/mol. The van der Waals surface area contributed by atoms with Crippen molar-refractivity contribution in [1.82, 2.24) is 9.88 Å². The van der Waals surface area contributed by atoms with E-state index < -0.39 is 4.92 Å². The van der Waals surface area contributed by atoms with Gasteiger partial charge < -0.3 is 9.88 Å². The van der Waals surface area contributed by atoms with Crippen molar-refractivity contribution in [1.29, 1.82) is 0 Å². The lowest BCUT2D eigenvalue weighted by Gasteiger charge is -2.15. The average Bonchev–Trinajstić information content (AvgIpc) is 3.39. The number of hydrogen-bond acceptors (Lipinski definition) is 5. The van der Waals surface area contributed by atoms with E-state index in [0.29, 0.717) is 9.23 Å². The van der Waals surface area contributed by atoms with E-state index in [1.807, 2.05) is 72.8 Å². The fraction of sp³-hybridized carbons (Fsp3) is 0. The third kappa shape index (κ3) is 4.16. The number of rotatable bonds is 5. The normalized spacial score (nSPS) is 14.4. The van der Waals surface area contributed by atoms with Crippen LogP contribution in [0.3, 0.4) is 0 Å². The molecule has 166 valence electrons. The summed E-state index contributed by atoms with van der Waals surface area (Å²) >= 11 is 6.39. The van der Waals surface area contributed by atoms with Crippen molar-refractivity contribution in [2.75, 3.05) is 0 Å². The van der Waals surface area contributed by atoms with Crippen molar-refractivity contribution in [2.24, 2.45) is 0 Å². The monoisotopic (exact) mass is 483 g/mol. The summed E-state index contributed by atoms with van der Waals surface area (Å²) in [6.45, 7) is 0. The van der Waals surface area contributed by atoms with Crippen LogP contribution < -0.4 is 5.32 Å². The van der Waals surface area contributed by atoms with E-state index in [-0.39, 0.29) is 11.6 Å². The molecule has 4 aromatic rings. The van der Waals surface area contributed by atoms with E-state index in [1.54, 1.807) is 12.1 Å². The predicted octanol–water partition coefficient (Wildman–Crippen LogP) is 6.21. The van der Waals surface area contributed by atoms with Crippen LogP contribution in [-0.2, 0) is 4.79 Å². The van der Waals surface area contributed by atoms with E-state index in [9.17, 15) is 14.9 Å². The Labute approximate surface area is 205 Å². The third-order valence-electron chi connectivity index (χ3n) is 5.39. The molecule has 0 bridgehead atoms. The largest absolute Gasteiger partial charge is 0.309 e. The van der Waals surface area contributed by atoms with Crippen LogP contribution in [-0.4, -0.2) is 19.7 Å². The van der Waals surface area contributed by atoms with Gasteiger partial charge in [0.1, 0.15) is 4.32 Å². The highest BCUT2D eigenvalue weighted by atomic mass is 32.2. The maximum atomic E-state index is 12.4. The fourth-order valence-electron chi connectivity index (χ4n) is 3.91. The Morgan fingerprint density at radius 2 is 1.53 bits per heavy atom. The number of nitrogens with zero attached hydrogens (tertiary/aromatic N) is 2. The Balaban J connectivity index is 1.81. The Kier molecular flexibility index (Phi) is 5.83. The first kappa shape index (κ1) is 21.8. The first-order valence-electron chi connectivity index (χ1n) is 10.4. The van der Waals surface area contributed by atoms with E-state index in [2.05, 4.69) is 9.88 Å². The number of carbonyl (C=O) groups excluding carboxylic acids is 1. The second-order valence-corrected chi connectivity index (χ2v) is 9.25. The van der Waals surface area contributed by atoms with Gasteiger partial charge in [0.15, 0.2) is 0 Å². The van der Waals surface area contributed by atoms with Crippen LogP contribution in [0.25, 0.3) is 34.3 Å². The summed E-state index contributed by atoms with van der Waals surface area (Å²) < 4.78 is 2.49. The highest BCUT2D eigenvalue weighted by Crippen LogP contribution is 2.39. The maximum absolute atomic E-state index is 12.4. The molecule has 1 amide bonds. The number of thioether (sulfide) groups is 1. The van der Waals surface area contributed by atoms with Crippen LogP contribution in [0.5, 0.6) is 0 Å². The number of nitrogens with one attached hydrogen (secondary N) is 1. The van der Waals surface area contributed by atoms with Crippen LogP contribution in [0.1, 0.15) is 5.56 Å². The molecule has 0 unspecified atom stereocenters. The zero-order chi connectivity index (χ0) is 23.7. The Bertz CT molecular complexity index is 1440. The Morgan fingerprint density at radius 1 is 0.912 bits per heavy atom. The summed E-state index contributed by atoms with van der Waals surface area (Å²) in [6, 6.07) is 28.2.